The maximum absolute atomic E-state index is 12.7. The van der Waals surface area contributed by atoms with Gasteiger partial charge in [-0.15, -0.1) is 0 Å². The van der Waals surface area contributed by atoms with Gasteiger partial charge in [0.1, 0.15) is 0 Å². The predicted molar refractivity (Wildman–Crippen MR) is 70.7 cm³/mol. The third kappa shape index (κ3) is 1.64. The Bertz CT molecular complexity index is 649. The molecule has 20 heavy (non-hydrogen) atoms. The third-order valence-corrected chi connectivity index (χ3v) is 6.49. The fourth-order valence-corrected chi connectivity index (χ4v) is 4.86. The zero-order chi connectivity index (χ0) is 14.5. The van der Waals surface area contributed by atoms with Crippen molar-refractivity contribution in [3.05, 3.63) is 29.8 Å². The lowest BCUT2D eigenvalue weighted by molar-refractivity contribution is -0.169. The lowest BCUT2D eigenvalue weighted by Crippen LogP contribution is -2.31. The minimum Gasteiger partial charge on any atom is -0.434 e. The van der Waals surface area contributed by atoms with Crippen LogP contribution >= 0.6 is 0 Å². The summed E-state index contributed by atoms with van der Waals surface area (Å²) < 4.78 is 34.4. The van der Waals surface area contributed by atoms with Gasteiger partial charge in [0.2, 0.25) is 6.29 Å². The number of sulfone groups is 1. The van der Waals surface area contributed by atoms with Crippen LogP contribution in [0.1, 0.15) is 18.9 Å². The summed E-state index contributed by atoms with van der Waals surface area (Å²) in [5.41, 5.74) is 0.968. The fraction of sp³-hybridized carbons (Fsp3) is 0.500. The first-order valence-electron chi connectivity index (χ1n) is 6.57. The molecule has 0 radical (unpaired) electrons. The van der Waals surface area contributed by atoms with Crippen LogP contribution in [0.15, 0.2) is 29.2 Å². The van der Waals surface area contributed by atoms with Crippen molar-refractivity contribution in [2.24, 2.45) is 5.92 Å². The maximum atomic E-state index is 12.7. The van der Waals surface area contributed by atoms with Gasteiger partial charge in [0.25, 0.3) is 0 Å². The van der Waals surface area contributed by atoms with E-state index >= 15 is 0 Å². The summed E-state index contributed by atoms with van der Waals surface area (Å²) in [6.45, 7) is 4.05. The van der Waals surface area contributed by atoms with E-state index in [1.165, 1.54) is 12.1 Å². The van der Waals surface area contributed by atoms with Crippen molar-refractivity contribution < 1.29 is 22.7 Å². The second kappa shape index (κ2) is 4.30. The molecule has 3 rings (SSSR count). The molecular weight excluding hydrogens is 280 g/mol. The molecular formula is C14H16O5S. The zero-order valence-electron chi connectivity index (χ0n) is 11.3. The normalized spacial score (nSPS) is 31.8. The van der Waals surface area contributed by atoms with E-state index in [0.29, 0.717) is 6.61 Å². The number of fused-ring (bicyclic) bond motifs is 1. The number of carbonyl (C=O) groups excluding carboxylic acids is 1. The molecule has 1 aromatic carbocycles. The first-order valence-corrected chi connectivity index (χ1v) is 8.06. The van der Waals surface area contributed by atoms with Gasteiger partial charge in [-0.3, -0.25) is 4.79 Å². The van der Waals surface area contributed by atoms with Crippen LogP contribution in [0.25, 0.3) is 0 Å². The summed E-state index contributed by atoms with van der Waals surface area (Å²) in [5, 5.41) is 0. The highest BCUT2D eigenvalue weighted by molar-refractivity contribution is 7.94. The topological polar surface area (TPSA) is 69.7 Å². The molecule has 1 heterocycles. The average molecular weight is 296 g/mol. The highest BCUT2D eigenvalue weighted by atomic mass is 32.2. The summed E-state index contributed by atoms with van der Waals surface area (Å²) in [5.74, 6) is -1.07. The van der Waals surface area contributed by atoms with E-state index in [1.807, 2.05) is 6.92 Å². The summed E-state index contributed by atoms with van der Waals surface area (Å²) >= 11 is 0. The van der Waals surface area contributed by atoms with Gasteiger partial charge in [0.15, 0.2) is 14.6 Å². The van der Waals surface area contributed by atoms with Crippen LogP contribution in [-0.2, 0) is 24.1 Å². The quantitative estimate of drug-likeness (QED) is 0.786. The molecule has 0 amide bonds. The Morgan fingerprint density at radius 2 is 2.00 bits per heavy atom. The molecule has 1 saturated carbocycles. The van der Waals surface area contributed by atoms with Gasteiger partial charge >= 0.3 is 5.97 Å². The second-order valence-corrected chi connectivity index (χ2v) is 7.45. The molecule has 0 bridgehead atoms. The molecule has 3 atom stereocenters. The monoisotopic (exact) mass is 296 g/mol. The van der Waals surface area contributed by atoms with Gasteiger partial charge in [-0.1, -0.05) is 17.7 Å². The van der Waals surface area contributed by atoms with Crippen LogP contribution < -0.4 is 0 Å². The highest BCUT2D eigenvalue weighted by Gasteiger charge is 2.78. The van der Waals surface area contributed by atoms with E-state index in [-0.39, 0.29) is 17.2 Å². The number of cyclic esters (lactones) is 1. The Morgan fingerprint density at radius 3 is 2.55 bits per heavy atom. The molecule has 0 unspecified atom stereocenters. The van der Waals surface area contributed by atoms with Crippen LogP contribution in [0.3, 0.4) is 0 Å². The molecule has 5 nitrogen and oxygen atoms in total. The van der Waals surface area contributed by atoms with Crippen molar-refractivity contribution in [2.75, 3.05) is 6.61 Å². The number of benzene rings is 1. The summed E-state index contributed by atoms with van der Waals surface area (Å²) in [7, 11) is -3.74. The summed E-state index contributed by atoms with van der Waals surface area (Å²) in [6, 6.07) is 6.52. The smallest absolute Gasteiger partial charge is 0.330 e. The first kappa shape index (κ1) is 13.6. The van der Waals surface area contributed by atoms with Gasteiger partial charge in [-0.05, 0) is 32.4 Å². The number of carbonyl (C=O) groups is 1. The minimum absolute atomic E-state index is 0.166. The van der Waals surface area contributed by atoms with Crippen LogP contribution in [0, 0.1) is 12.8 Å². The Labute approximate surface area is 117 Å². The summed E-state index contributed by atoms with van der Waals surface area (Å²) in [6.07, 6.45) is -0.445. The van der Waals surface area contributed by atoms with E-state index in [9.17, 15) is 13.2 Å². The fourth-order valence-electron chi connectivity index (χ4n) is 2.77. The lowest BCUT2D eigenvalue weighted by Gasteiger charge is -2.12. The largest absolute Gasteiger partial charge is 0.434 e. The van der Waals surface area contributed by atoms with Crippen molar-refractivity contribution in [3.8, 4) is 0 Å². The third-order valence-electron chi connectivity index (χ3n) is 4.00. The van der Waals surface area contributed by atoms with E-state index in [2.05, 4.69) is 0 Å². The molecule has 0 spiro atoms. The molecule has 1 aromatic rings. The Kier molecular flexibility index (Phi) is 2.92. The number of esters is 1. The van der Waals surface area contributed by atoms with Gasteiger partial charge in [-0.25, -0.2) is 8.42 Å². The van der Waals surface area contributed by atoms with Crippen molar-refractivity contribution in [2.45, 2.75) is 36.2 Å². The minimum atomic E-state index is -3.74. The number of hydrogen-bond donors (Lipinski definition) is 0. The average Bonchev–Trinajstić information content (AvgIpc) is 3.10. The Morgan fingerprint density at radius 1 is 1.35 bits per heavy atom. The van der Waals surface area contributed by atoms with E-state index < -0.39 is 26.8 Å². The van der Waals surface area contributed by atoms with E-state index in [1.54, 1.807) is 19.1 Å². The number of hydrogen-bond acceptors (Lipinski definition) is 5. The Hall–Kier alpha value is -1.40. The molecule has 6 heteroatoms. The van der Waals surface area contributed by atoms with E-state index in [0.717, 1.165) is 5.56 Å². The predicted octanol–water partition coefficient (Wildman–Crippen LogP) is 1.45. The van der Waals surface area contributed by atoms with Gasteiger partial charge in [0, 0.05) is 6.61 Å². The number of aryl methyl sites for hydroxylation is 1. The van der Waals surface area contributed by atoms with Crippen molar-refractivity contribution >= 4 is 15.8 Å². The lowest BCUT2D eigenvalue weighted by atomic mass is 10.2. The zero-order valence-corrected chi connectivity index (χ0v) is 12.1. The standard InChI is InChI=1S/C14H16O5S/c1-3-18-12-11-8-14(11,13(15)19-12)20(16,17)10-6-4-9(2)5-7-10/h4-7,11-12H,3,8H2,1-2H3/t11-,12-,14+/m0/s1. The molecule has 2 aliphatic rings. The molecule has 1 saturated heterocycles. The van der Waals surface area contributed by atoms with Crippen molar-refractivity contribution in [1.82, 2.24) is 0 Å². The van der Waals surface area contributed by atoms with Crippen molar-refractivity contribution in [1.29, 1.82) is 0 Å². The Balaban J connectivity index is 1.97. The summed E-state index contributed by atoms with van der Waals surface area (Å²) in [4.78, 5) is 12.2. The SMILES string of the molecule is CCO[C@H]1OC(=O)[C@@]2(S(=O)(=O)c3ccc(C)cc3)C[C@@H]12. The molecule has 1 aliphatic carbocycles. The maximum Gasteiger partial charge on any atom is 0.330 e. The highest BCUT2D eigenvalue weighted by Crippen LogP contribution is 2.60. The number of ether oxygens (including phenoxy) is 2. The molecule has 108 valence electrons. The van der Waals surface area contributed by atoms with Crippen LogP contribution in [0.2, 0.25) is 0 Å². The van der Waals surface area contributed by atoms with Crippen molar-refractivity contribution in [3.63, 3.8) is 0 Å². The van der Waals surface area contributed by atoms with Gasteiger partial charge < -0.3 is 9.47 Å². The second-order valence-electron chi connectivity index (χ2n) is 5.25. The molecule has 2 fully saturated rings. The van der Waals surface area contributed by atoms with Crippen LogP contribution in [-0.4, -0.2) is 32.0 Å². The van der Waals surface area contributed by atoms with Gasteiger partial charge in [0.05, 0.1) is 10.8 Å². The van der Waals surface area contributed by atoms with Crippen LogP contribution in [0.4, 0.5) is 0 Å². The molecule has 0 aromatic heterocycles. The molecule has 0 N–H and O–H groups in total. The van der Waals surface area contributed by atoms with Gasteiger partial charge in [-0.2, -0.15) is 0 Å². The first-order chi connectivity index (χ1) is 9.43. The number of rotatable bonds is 4. The molecule has 1 aliphatic heterocycles. The van der Waals surface area contributed by atoms with E-state index in [4.69, 9.17) is 9.47 Å². The van der Waals surface area contributed by atoms with Crippen LogP contribution in [0.5, 0.6) is 0 Å².